The molecule has 0 aliphatic rings. The van der Waals surface area contributed by atoms with Gasteiger partial charge in [0.25, 0.3) is 0 Å². The van der Waals surface area contributed by atoms with Gasteiger partial charge in [-0.3, -0.25) is 0 Å². The summed E-state index contributed by atoms with van der Waals surface area (Å²) in [4.78, 5) is -0.457. The maximum atomic E-state index is 13.3. The van der Waals surface area contributed by atoms with Crippen molar-refractivity contribution in [3.8, 4) is 0 Å². The van der Waals surface area contributed by atoms with Gasteiger partial charge in [-0.15, -0.1) is 6.58 Å². The van der Waals surface area contributed by atoms with Gasteiger partial charge >= 0.3 is 0 Å². The number of nitrogen functional groups attached to an aromatic ring is 1. The Morgan fingerprint density at radius 2 is 2.19 bits per heavy atom. The number of halogens is 1. The van der Waals surface area contributed by atoms with Gasteiger partial charge in [0.2, 0.25) is 10.0 Å². The standard InChI is InChI=1S/C10H13FN2O2S/c1-3-7(2)13-16(14,15)10-6-8(12)4-5-9(10)11/h3-7,13H,1,12H2,2H3. The minimum absolute atomic E-state index is 0.188. The molecule has 0 heterocycles. The van der Waals surface area contributed by atoms with Crippen LogP contribution in [-0.2, 0) is 10.0 Å². The van der Waals surface area contributed by atoms with E-state index in [0.29, 0.717) is 0 Å². The second-order valence-corrected chi connectivity index (χ2v) is 5.02. The molecule has 0 spiro atoms. The fraction of sp³-hybridized carbons (Fsp3) is 0.200. The minimum atomic E-state index is -3.90. The number of nitrogens with two attached hydrogens (primary N) is 1. The Hall–Kier alpha value is -1.40. The molecule has 88 valence electrons. The Morgan fingerprint density at radius 1 is 1.56 bits per heavy atom. The number of hydrogen-bond acceptors (Lipinski definition) is 3. The summed E-state index contributed by atoms with van der Waals surface area (Å²) in [7, 11) is -3.90. The highest BCUT2D eigenvalue weighted by Gasteiger charge is 2.20. The maximum absolute atomic E-state index is 13.3. The van der Waals surface area contributed by atoms with Crippen LogP contribution in [0, 0.1) is 5.82 Å². The highest BCUT2D eigenvalue weighted by atomic mass is 32.2. The van der Waals surface area contributed by atoms with Crippen molar-refractivity contribution < 1.29 is 12.8 Å². The highest BCUT2D eigenvalue weighted by molar-refractivity contribution is 7.89. The quantitative estimate of drug-likeness (QED) is 0.618. The predicted octanol–water partition coefficient (Wildman–Crippen LogP) is 1.26. The van der Waals surface area contributed by atoms with Crippen LogP contribution >= 0.6 is 0 Å². The van der Waals surface area contributed by atoms with E-state index in [-0.39, 0.29) is 5.69 Å². The zero-order chi connectivity index (χ0) is 12.3. The lowest BCUT2D eigenvalue weighted by molar-refractivity contribution is 0.553. The van der Waals surface area contributed by atoms with Crippen LogP contribution < -0.4 is 10.5 Å². The molecule has 1 rings (SSSR count). The highest BCUT2D eigenvalue weighted by Crippen LogP contribution is 2.17. The topological polar surface area (TPSA) is 72.2 Å². The number of nitrogens with one attached hydrogen (secondary N) is 1. The molecule has 0 aliphatic heterocycles. The maximum Gasteiger partial charge on any atom is 0.244 e. The normalized spacial score (nSPS) is 13.4. The van der Waals surface area contributed by atoms with Gasteiger partial charge in [-0.05, 0) is 25.1 Å². The smallest absolute Gasteiger partial charge is 0.244 e. The van der Waals surface area contributed by atoms with E-state index in [4.69, 9.17) is 5.73 Å². The fourth-order valence-electron chi connectivity index (χ4n) is 1.08. The second-order valence-electron chi connectivity index (χ2n) is 3.34. The fourth-order valence-corrected chi connectivity index (χ4v) is 2.41. The molecule has 0 aromatic heterocycles. The van der Waals surface area contributed by atoms with Crippen LogP contribution in [-0.4, -0.2) is 14.5 Å². The lowest BCUT2D eigenvalue weighted by Gasteiger charge is -2.11. The van der Waals surface area contributed by atoms with Gasteiger partial charge in [-0.1, -0.05) is 6.08 Å². The van der Waals surface area contributed by atoms with Crippen molar-refractivity contribution in [1.29, 1.82) is 0 Å². The first kappa shape index (κ1) is 12.7. The first-order chi connectivity index (χ1) is 7.36. The summed E-state index contributed by atoms with van der Waals surface area (Å²) in [5.74, 6) is -0.835. The van der Waals surface area contributed by atoms with E-state index < -0.39 is 26.8 Å². The summed E-state index contributed by atoms with van der Waals surface area (Å²) in [5.41, 5.74) is 5.60. The third-order valence-corrected chi connectivity index (χ3v) is 3.51. The van der Waals surface area contributed by atoms with E-state index in [1.165, 1.54) is 12.1 Å². The van der Waals surface area contributed by atoms with E-state index in [1.807, 2.05) is 0 Å². The minimum Gasteiger partial charge on any atom is -0.399 e. The molecule has 0 radical (unpaired) electrons. The molecule has 3 N–H and O–H groups in total. The molecule has 4 nitrogen and oxygen atoms in total. The van der Waals surface area contributed by atoms with Gasteiger partial charge < -0.3 is 5.73 Å². The molecule has 6 heteroatoms. The van der Waals surface area contributed by atoms with Crippen molar-refractivity contribution in [2.24, 2.45) is 0 Å². The van der Waals surface area contributed by atoms with E-state index >= 15 is 0 Å². The van der Waals surface area contributed by atoms with Gasteiger partial charge in [0.05, 0.1) is 0 Å². The molecular weight excluding hydrogens is 231 g/mol. The summed E-state index contributed by atoms with van der Waals surface area (Å²) >= 11 is 0. The Bertz CT molecular complexity index is 500. The van der Waals surface area contributed by atoms with Crippen LogP contribution in [0.5, 0.6) is 0 Å². The Labute approximate surface area is 94.0 Å². The van der Waals surface area contributed by atoms with Crippen molar-refractivity contribution >= 4 is 15.7 Å². The first-order valence-electron chi connectivity index (χ1n) is 4.56. The zero-order valence-electron chi connectivity index (χ0n) is 8.77. The monoisotopic (exact) mass is 244 g/mol. The average Bonchev–Trinajstić information content (AvgIpc) is 2.20. The molecule has 1 unspecified atom stereocenters. The molecule has 0 saturated carbocycles. The first-order valence-corrected chi connectivity index (χ1v) is 6.05. The van der Waals surface area contributed by atoms with Gasteiger partial charge in [0, 0.05) is 11.7 Å². The molecule has 0 saturated heterocycles. The van der Waals surface area contributed by atoms with Gasteiger partial charge in [0.1, 0.15) is 10.7 Å². The van der Waals surface area contributed by atoms with Crippen LogP contribution in [0.1, 0.15) is 6.92 Å². The summed E-state index contributed by atoms with van der Waals surface area (Å²) in [6.45, 7) is 5.03. The predicted molar refractivity (Wildman–Crippen MR) is 60.8 cm³/mol. The molecule has 1 aromatic rings. The Balaban J connectivity index is 3.16. The van der Waals surface area contributed by atoms with Crippen molar-refractivity contribution in [2.75, 3.05) is 5.73 Å². The van der Waals surface area contributed by atoms with Crippen molar-refractivity contribution in [1.82, 2.24) is 4.72 Å². The van der Waals surface area contributed by atoms with Crippen LogP contribution in [0.15, 0.2) is 35.7 Å². The largest absolute Gasteiger partial charge is 0.399 e. The summed E-state index contributed by atoms with van der Waals surface area (Å²) < 4.78 is 39.0. The molecular formula is C10H13FN2O2S. The molecule has 1 atom stereocenters. The molecule has 0 fully saturated rings. The molecule has 16 heavy (non-hydrogen) atoms. The number of benzene rings is 1. The van der Waals surface area contributed by atoms with Crippen molar-refractivity contribution in [2.45, 2.75) is 17.9 Å². The zero-order valence-corrected chi connectivity index (χ0v) is 9.59. The average molecular weight is 244 g/mol. The second kappa shape index (κ2) is 4.63. The number of sulfonamides is 1. The molecule has 0 aliphatic carbocycles. The van der Waals surface area contributed by atoms with Gasteiger partial charge in [-0.25, -0.2) is 17.5 Å². The molecule has 1 aromatic carbocycles. The molecule has 0 amide bonds. The Morgan fingerprint density at radius 3 is 2.75 bits per heavy atom. The van der Waals surface area contributed by atoms with Crippen LogP contribution in [0.25, 0.3) is 0 Å². The van der Waals surface area contributed by atoms with E-state index in [1.54, 1.807) is 6.92 Å². The van der Waals surface area contributed by atoms with Gasteiger partial charge in [0.15, 0.2) is 0 Å². The van der Waals surface area contributed by atoms with E-state index in [9.17, 15) is 12.8 Å². The van der Waals surface area contributed by atoms with Crippen LogP contribution in [0.3, 0.4) is 0 Å². The summed E-state index contributed by atoms with van der Waals surface area (Å²) in [6, 6.07) is 2.91. The third-order valence-electron chi connectivity index (χ3n) is 1.94. The molecule has 0 bridgehead atoms. The SMILES string of the molecule is C=CC(C)NS(=O)(=O)c1cc(N)ccc1F. The van der Waals surface area contributed by atoms with Crippen molar-refractivity contribution in [3.05, 3.63) is 36.7 Å². The lowest BCUT2D eigenvalue weighted by atomic mass is 10.3. The third kappa shape index (κ3) is 2.80. The van der Waals surface area contributed by atoms with Crippen LogP contribution in [0.2, 0.25) is 0 Å². The lowest BCUT2D eigenvalue weighted by Crippen LogP contribution is -2.31. The van der Waals surface area contributed by atoms with Gasteiger partial charge in [-0.2, -0.15) is 0 Å². The van der Waals surface area contributed by atoms with E-state index in [2.05, 4.69) is 11.3 Å². The number of rotatable bonds is 4. The van der Waals surface area contributed by atoms with Crippen molar-refractivity contribution in [3.63, 3.8) is 0 Å². The summed E-state index contributed by atoms with van der Waals surface area (Å²) in [6.07, 6.45) is 1.40. The van der Waals surface area contributed by atoms with Crippen LogP contribution in [0.4, 0.5) is 10.1 Å². The number of hydrogen-bond donors (Lipinski definition) is 2. The summed E-state index contributed by atoms with van der Waals surface area (Å²) in [5, 5.41) is 0. The van der Waals surface area contributed by atoms with E-state index in [0.717, 1.165) is 12.1 Å². The Kier molecular flexibility index (Phi) is 3.66. The number of anilines is 1.